The van der Waals surface area contributed by atoms with E-state index in [2.05, 4.69) is 10.6 Å². The van der Waals surface area contributed by atoms with Crippen LogP contribution in [0.25, 0.3) is 0 Å². The number of benzene rings is 1. The molecule has 0 aliphatic heterocycles. The molecule has 1 aromatic carbocycles. The number of hydrogen-bond donors (Lipinski definition) is 2. The zero-order valence-corrected chi connectivity index (χ0v) is 9.85. The number of carbonyl (C=O) groups is 2. The maximum Gasteiger partial charge on any atom is 0.222 e. The molecule has 2 N–H and O–H groups in total. The summed E-state index contributed by atoms with van der Waals surface area (Å²) in [6, 6.07) is 6.90. The summed E-state index contributed by atoms with van der Waals surface area (Å²) in [5, 5.41) is 5.47. The third-order valence-electron chi connectivity index (χ3n) is 1.82. The van der Waals surface area contributed by atoms with Crippen LogP contribution >= 0.6 is 12.2 Å². The van der Waals surface area contributed by atoms with Gasteiger partial charge < -0.3 is 10.6 Å². The van der Waals surface area contributed by atoms with E-state index >= 15 is 0 Å². The van der Waals surface area contributed by atoms with E-state index in [1.54, 1.807) is 24.3 Å². The third kappa shape index (κ3) is 3.78. The Balaban J connectivity index is 2.74. The van der Waals surface area contributed by atoms with Gasteiger partial charge in [-0.05, 0) is 31.3 Å². The Kier molecular flexibility index (Phi) is 4.13. The lowest BCUT2D eigenvalue weighted by Crippen LogP contribution is -2.32. The fourth-order valence-corrected chi connectivity index (χ4v) is 1.40. The van der Waals surface area contributed by atoms with Crippen molar-refractivity contribution < 1.29 is 9.59 Å². The number of ketones is 1. The van der Waals surface area contributed by atoms with Crippen LogP contribution in [0.4, 0.5) is 5.69 Å². The molecule has 0 radical (unpaired) electrons. The van der Waals surface area contributed by atoms with E-state index < -0.39 is 0 Å². The molecule has 1 amide bonds. The molecular formula is C11H12N2O2S. The predicted octanol–water partition coefficient (Wildman–Crippen LogP) is 1.72. The lowest BCUT2D eigenvalue weighted by Gasteiger charge is -2.08. The van der Waals surface area contributed by atoms with Gasteiger partial charge in [0.25, 0.3) is 0 Å². The number of nitrogens with one attached hydrogen (secondary N) is 2. The third-order valence-corrected chi connectivity index (χ3v) is 2.02. The van der Waals surface area contributed by atoms with Gasteiger partial charge in [-0.25, -0.2) is 0 Å². The van der Waals surface area contributed by atoms with E-state index in [4.69, 9.17) is 12.2 Å². The molecule has 4 nitrogen and oxygen atoms in total. The molecule has 16 heavy (non-hydrogen) atoms. The normalized spacial score (nSPS) is 9.38. The molecule has 5 heteroatoms. The monoisotopic (exact) mass is 236 g/mol. The summed E-state index contributed by atoms with van der Waals surface area (Å²) in [5.41, 5.74) is 1.27. The number of rotatable bonds is 2. The molecule has 0 fully saturated rings. The molecule has 1 rings (SSSR count). The molecule has 0 unspecified atom stereocenters. The van der Waals surface area contributed by atoms with Gasteiger partial charge in [-0.1, -0.05) is 12.1 Å². The van der Waals surface area contributed by atoms with Gasteiger partial charge in [0.2, 0.25) is 5.91 Å². The van der Waals surface area contributed by atoms with Gasteiger partial charge >= 0.3 is 0 Å². The van der Waals surface area contributed by atoms with Crippen molar-refractivity contribution in [2.24, 2.45) is 0 Å². The van der Waals surface area contributed by atoms with Crippen molar-refractivity contribution in [3.05, 3.63) is 29.8 Å². The predicted molar refractivity (Wildman–Crippen MR) is 66.5 cm³/mol. The second kappa shape index (κ2) is 5.37. The van der Waals surface area contributed by atoms with Crippen LogP contribution in [-0.4, -0.2) is 16.8 Å². The van der Waals surface area contributed by atoms with Crippen LogP contribution < -0.4 is 10.6 Å². The van der Waals surface area contributed by atoms with E-state index in [0.717, 1.165) is 0 Å². The standard InChI is InChI=1S/C11H12N2O2S/c1-7(14)9-4-3-5-10(6-9)13-11(16)12-8(2)15/h3-6H,1-2H3,(H2,12,13,15,16). The van der Waals surface area contributed by atoms with Crippen molar-refractivity contribution in [2.75, 3.05) is 5.32 Å². The van der Waals surface area contributed by atoms with Gasteiger partial charge in [-0.3, -0.25) is 9.59 Å². The van der Waals surface area contributed by atoms with Crippen LogP contribution in [-0.2, 0) is 4.79 Å². The molecule has 0 aliphatic rings. The molecule has 0 heterocycles. The second-order valence-corrected chi connectivity index (χ2v) is 3.68. The summed E-state index contributed by atoms with van der Waals surface area (Å²) in [6.45, 7) is 2.87. The minimum atomic E-state index is -0.236. The topological polar surface area (TPSA) is 58.2 Å². The van der Waals surface area contributed by atoms with Crippen LogP contribution in [0.3, 0.4) is 0 Å². The van der Waals surface area contributed by atoms with Crippen molar-refractivity contribution in [1.29, 1.82) is 0 Å². The maximum atomic E-state index is 11.1. The molecule has 0 aliphatic carbocycles. The largest absolute Gasteiger partial charge is 0.332 e. The SMILES string of the molecule is CC(=O)NC(=S)Nc1cccc(C(C)=O)c1. The van der Waals surface area contributed by atoms with E-state index in [0.29, 0.717) is 11.3 Å². The van der Waals surface area contributed by atoms with Crippen molar-refractivity contribution in [3.8, 4) is 0 Å². The molecule has 0 bridgehead atoms. The van der Waals surface area contributed by atoms with Gasteiger partial charge in [-0.15, -0.1) is 0 Å². The number of anilines is 1. The summed E-state index contributed by atoms with van der Waals surface area (Å²) < 4.78 is 0. The molecule has 0 saturated heterocycles. The van der Waals surface area contributed by atoms with Crippen molar-refractivity contribution in [3.63, 3.8) is 0 Å². The molecule has 1 aromatic rings. The fraction of sp³-hybridized carbons (Fsp3) is 0.182. The van der Waals surface area contributed by atoms with Crippen molar-refractivity contribution in [1.82, 2.24) is 5.32 Å². The van der Waals surface area contributed by atoms with Crippen molar-refractivity contribution >= 4 is 34.7 Å². The smallest absolute Gasteiger partial charge is 0.222 e. The van der Waals surface area contributed by atoms with Gasteiger partial charge in [-0.2, -0.15) is 0 Å². The Bertz CT molecular complexity index is 443. The Hall–Kier alpha value is -1.75. The highest BCUT2D eigenvalue weighted by atomic mass is 32.1. The van der Waals surface area contributed by atoms with E-state index in [9.17, 15) is 9.59 Å². The van der Waals surface area contributed by atoms with Gasteiger partial charge in [0.15, 0.2) is 10.9 Å². The Morgan fingerprint density at radius 3 is 2.50 bits per heavy atom. The number of carbonyl (C=O) groups excluding carboxylic acids is 2. The molecule has 0 atom stereocenters. The Morgan fingerprint density at radius 2 is 1.94 bits per heavy atom. The number of Topliss-reactive ketones (excluding diaryl/α,β-unsaturated/α-hetero) is 1. The summed E-state index contributed by atoms with van der Waals surface area (Å²) in [5.74, 6) is -0.255. The maximum absolute atomic E-state index is 11.1. The Morgan fingerprint density at radius 1 is 1.25 bits per heavy atom. The van der Waals surface area contributed by atoms with Crippen LogP contribution in [0.2, 0.25) is 0 Å². The lowest BCUT2D eigenvalue weighted by atomic mass is 10.1. The van der Waals surface area contributed by atoms with E-state index in [1.165, 1.54) is 13.8 Å². The summed E-state index contributed by atoms with van der Waals surface area (Å²) in [7, 11) is 0. The number of hydrogen-bond acceptors (Lipinski definition) is 3. The average molecular weight is 236 g/mol. The molecular weight excluding hydrogens is 224 g/mol. The number of amides is 1. The first-order chi connectivity index (χ1) is 7.49. The van der Waals surface area contributed by atoms with E-state index in [1.807, 2.05) is 0 Å². The highest BCUT2D eigenvalue weighted by Crippen LogP contribution is 2.10. The fourth-order valence-electron chi connectivity index (χ4n) is 1.14. The van der Waals surface area contributed by atoms with Gasteiger partial charge in [0, 0.05) is 18.2 Å². The molecule has 84 valence electrons. The zero-order valence-electron chi connectivity index (χ0n) is 9.03. The van der Waals surface area contributed by atoms with Crippen molar-refractivity contribution in [2.45, 2.75) is 13.8 Å². The second-order valence-electron chi connectivity index (χ2n) is 3.27. The van der Waals surface area contributed by atoms with Gasteiger partial charge in [0.1, 0.15) is 0 Å². The van der Waals surface area contributed by atoms with Crippen LogP contribution in [0.5, 0.6) is 0 Å². The minimum Gasteiger partial charge on any atom is -0.332 e. The first-order valence-corrected chi connectivity index (χ1v) is 5.09. The summed E-state index contributed by atoms with van der Waals surface area (Å²) in [6.07, 6.45) is 0. The Labute approximate surface area is 99.0 Å². The van der Waals surface area contributed by atoms with Gasteiger partial charge in [0.05, 0.1) is 0 Å². The van der Waals surface area contributed by atoms with Crippen LogP contribution in [0, 0.1) is 0 Å². The molecule has 0 spiro atoms. The minimum absolute atomic E-state index is 0.0194. The molecule has 0 aromatic heterocycles. The number of thiocarbonyl (C=S) groups is 1. The van der Waals surface area contributed by atoms with Crippen LogP contribution in [0.1, 0.15) is 24.2 Å². The van der Waals surface area contributed by atoms with Crippen LogP contribution in [0.15, 0.2) is 24.3 Å². The van der Waals surface area contributed by atoms with E-state index in [-0.39, 0.29) is 16.8 Å². The summed E-state index contributed by atoms with van der Waals surface area (Å²) >= 11 is 4.89. The quantitative estimate of drug-likeness (QED) is 0.606. The zero-order chi connectivity index (χ0) is 12.1. The average Bonchev–Trinajstić information content (AvgIpc) is 2.16. The summed E-state index contributed by atoms with van der Waals surface area (Å²) in [4.78, 5) is 21.9. The highest BCUT2D eigenvalue weighted by molar-refractivity contribution is 7.80. The molecule has 0 saturated carbocycles. The first-order valence-electron chi connectivity index (χ1n) is 4.68. The lowest BCUT2D eigenvalue weighted by molar-refractivity contribution is -0.117. The highest BCUT2D eigenvalue weighted by Gasteiger charge is 2.02. The first kappa shape index (κ1) is 12.3.